The molecule has 2 heterocycles. The van der Waals surface area contributed by atoms with Gasteiger partial charge in [-0.3, -0.25) is 0 Å². The van der Waals surface area contributed by atoms with Crippen LogP contribution in [-0.4, -0.2) is 26.5 Å². The molecule has 1 aromatic carbocycles. The molecule has 1 aromatic rings. The Kier molecular flexibility index (Phi) is 3.39. The van der Waals surface area contributed by atoms with Crippen molar-refractivity contribution in [2.45, 2.75) is 31.9 Å². The lowest BCUT2D eigenvalue weighted by Gasteiger charge is -2.14. The molecule has 3 rings (SSSR count). The molecule has 18 heavy (non-hydrogen) atoms. The second kappa shape index (κ2) is 5.16. The summed E-state index contributed by atoms with van der Waals surface area (Å²) in [5, 5.41) is 3.53. The number of rotatable bonds is 4. The first-order valence-corrected chi connectivity index (χ1v) is 6.50. The normalized spacial score (nSPS) is 21.5. The van der Waals surface area contributed by atoms with Crippen LogP contribution in [0, 0.1) is 0 Å². The lowest BCUT2D eigenvalue weighted by molar-refractivity contribution is 0.173. The van der Waals surface area contributed by atoms with Crippen molar-refractivity contribution in [3.8, 4) is 11.5 Å². The molecule has 1 unspecified atom stereocenters. The van der Waals surface area contributed by atoms with E-state index in [1.54, 1.807) is 7.11 Å². The Morgan fingerprint density at radius 1 is 1.28 bits per heavy atom. The summed E-state index contributed by atoms with van der Waals surface area (Å²) in [4.78, 5) is 0. The van der Waals surface area contributed by atoms with E-state index >= 15 is 0 Å². The molecular formula is C14H19NO3. The van der Waals surface area contributed by atoms with Gasteiger partial charge in [-0.25, -0.2) is 0 Å². The van der Waals surface area contributed by atoms with E-state index in [0.29, 0.717) is 19.4 Å². The summed E-state index contributed by atoms with van der Waals surface area (Å²) in [7, 11) is 1.72. The van der Waals surface area contributed by atoms with Gasteiger partial charge in [0.1, 0.15) is 0 Å². The van der Waals surface area contributed by atoms with Crippen LogP contribution in [0.3, 0.4) is 0 Å². The molecule has 1 atom stereocenters. The maximum Gasteiger partial charge on any atom is 0.231 e. The molecule has 4 heteroatoms. The maximum absolute atomic E-state index is 5.45. The minimum Gasteiger partial charge on any atom is -0.454 e. The van der Waals surface area contributed by atoms with Gasteiger partial charge >= 0.3 is 0 Å². The molecule has 1 saturated heterocycles. The number of methoxy groups -OCH3 is 1. The Labute approximate surface area is 107 Å². The average Bonchev–Trinajstić information content (AvgIpc) is 3.00. The Balaban J connectivity index is 1.85. The molecule has 0 aromatic heterocycles. The second-order valence-corrected chi connectivity index (χ2v) is 4.90. The van der Waals surface area contributed by atoms with E-state index in [9.17, 15) is 0 Å². The molecule has 0 aliphatic carbocycles. The summed E-state index contributed by atoms with van der Waals surface area (Å²) in [5.41, 5.74) is 2.51. The highest BCUT2D eigenvalue weighted by atomic mass is 16.7. The fraction of sp³-hybridized carbons (Fsp3) is 0.571. The Morgan fingerprint density at radius 3 is 2.72 bits per heavy atom. The largest absolute Gasteiger partial charge is 0.454 e. The van der Waals surface area contributed by atoms with E-state index in [0.717, 1.165) is 24.5 Å². The van der Waals surface area contributed by atoms with Crippen molar-refractivity contribution in [3.63, 3.8) is 0 Å². The van der Waals surface area contributed by atoms with E-state index in [4.69, 9.17) is 14.2 Å². The number of fused-ring (bicyclic) bond motifs is 1. The third-order valence-corrected chi connectivity index (χ3v) is 3.62. The zero-order chi connectivity index (χ0) is 12.4. The lowest BCUT2D eigenvalue weighted by Crippen LogP contribution is -2.24. The fourth-order valence-corrected chi connectivity index (χ4v) is 2.70. The van der Waals surface area contributed by atoms with E-state index in [1.807, 2.05) is 0 Å². The van der Waals surface area contributed by atoms with Crippen molar-refractivity contribution in [3.05, 3.63) is 23.3 Å². The minimum absolute atomic E-state index is 0.326. The van der Waals surface area contributed by atoms with Crippen molar-refractivity contribution < 1.29 is 14.2 Å². The molecule has 4 nitrogen and oxygen atoms in total. The van der Waals surface area contributed by atoms with Gasteiger partial charge in [-0.05, 0) is 49.1 Å². The molecule has 0 radical (unpaired) electrons. The van der Waals surface area contributed by atoms with Crippen LogP contribution in [0.15, 0.2) is 12.1 Å². The highest BCUT2D eigenvalue weighted by Gasteiger charge is 2.20. The summed E-state index contributed by atoms with van der Waals surface area (Å²) >= 11 is 0. The molecule has 98 valence electrons. The van der Waals surface area contributed by atoms with Gasteiger partial charge in [0.25, 0.3) is 0 Å². The van der Waals surface area contributed by atoms with E-state index in [2.05, 4.69) is 17.4 Å². The highest BCUT2D eigenvalue weighted by Crippen LogP contribution is 2.35. The molecule has 2 aliphatic heterocycles. The smallest absolute Gasteiger partial charge is 0.231 e. The molecule has 0 bridgehead atoms. The number of benzene rings is 1. The van der Waals surface area contributed by atoms with Crippen LogP contribution in [0.4, 0.5) is 0 Å². The standard InChI is InChI=1S/C14H19NO3/c1-16-8-11-7-14-13(17-9-18-14)6-10(11)5-12-3-2-4-15-12/h6-7,12,15H,2-5,8-9H2,1H3. The van der Waals surface area contributed by atoms with Gasteiger partial charge in [0.05, 0.1) is 6.61 Å². The number of hydrogen-bond donors (Lipinski definition) is 1. The maximum atomic E-state index is 5.45. The number of ether oxygens (including phenoxy) is 3. The SMILES string of the molecule is COCc1cc2c(cc1CC1CCCN1)OCO2. The third-order valence-electron chi connectivity index (χ3n) is 3.62. The van der Waals surface area contributed by atoms with Crippen LogP contribution in [0.2, 0.25) is 0 Å². The van der Waals surface area contributed by atoms with E-state index in [-0.39, 0.29) is 0 Å². The van der Waals surface area contributed by atoms with Gasteiger partial charge in [0.15, 0.2) is 11.5 Å². The van der Waals surface area contributed by atoms with Crippen LogP contribution in [0.5, 0.6) is 11.5 Å². The minimum atomic E-state index is 0.326. The van der Waals surface area contributed by atoms with Crippen LogP contribution < -0.4 is 14.8 Å². The monoisotopic (exact) mass is 249 g/mol. The summed E-state index contributed by atoms with van der Waals surface area (Å²) in [6, 6.07) is 4.74. The van der Waals surface area contributed by atoms with Crippen LogP contribution in [0.25, 0.3) is 0 Å². The molecule has 0 saturated carbocycles. The lowest BCUT2D eigenvalue weighted by atomic mass is 9.99. The zero-order valence-electron chi connectivity index (χ0n) is 10.7. The summed E-state index contributed by atoms with van der Waals surface area (Å²) in [6.45, 7) is 2.08. The molecule has 0 amide bonds. The van der Waals surface area contributed by atoms with Crippen LogP contribution in [-0.2, 0) is 17.8 Å². The number of hydrogen-bond acceptors (Lipinski definition) is 4. The van der Waals surface area contributed by atoms with Gasteiger partial charge in [0.2, 0.25) is 6.79 Å². The van der Waals surface area contributed by atoms with Gasteiger partial charge in [-0.15, -0.1) is 0 Å². The van der Waals surface area contributed by atoms with Gasteiger partial charge in [-0.1, -0.05) is 0 Å². The second-order valence-electron chi connectivity index (χ2n) is 4.90. The predicted molar refractivity (Wildman–Crippen MR) is 68.0 cm³/mol. The van der Waals surface area contributed by atoms with Crippen molar-refractivity contribution in [1.29, 1.82) is 0 Å². The molecular weight excluding hydrogens is 230 g/mol. The zero-order valence-corrected chi connectivity index (χ0v) is 10.7. The topological polar surface area (TPSA) is 39.7 Å². The molecule has 1 N–H and O–H groups in total. The van der Waals surface area contributed by atoms with Gasteiger partial charge in [-0.2, -0.15) is 0 Å². The van der Waals surface area contributed by atoms with Crippen LogP contribution in [0.1, 0.15) is 24.0 Å². The highest BCUT2D eigenvalue weighted by molar-refractivity contribution is 5.49. The first-order valence-electron chi connectivity index (χ1n) is 6.50. The van der Waals surface area contributed by atoms with Crippen molar-refractivity contribution in [1.82, 2.24) is 5.32 Å². The van der Waals surface area contributed by atoms with E-state index < -0.39 is 0 Å². The van der Waals surface area contributed by atoms with E-state index in [1.165, 1.54) is 24.0 Å². The predicted octanol–water partition coefficient (Wildman–Crippen LogP) is 1.86. The summed E-state index contributed by atoms with van der Waals surface area (Å²) in [5.74, 6) is 1.70. The quantitative estimate of drug-likeness (QED) is 0.884. The molecule has 1 fully saturated rings. The number of nitrogens with one attached hydrogen (secondary N) is 1. The van der Waals surface area contributed by atoms with Gasteiger partial charge in [0, 0.05) is 13.2 Å². The first kappa shape index (κ1) is 11.8. The molecule has 0 spiro atoms. The Hall–Kier alpha value is -1.26. The van der Waals surface area contributed by atoms with Crippen molar-refractivity contribution >= 4 is 0 Å². The van der Waals surface area contributed by atoms with Crippen molar-refractivity contribution in [2.75, 3.05) is 20.4 Å². The van der Waals surface area contributed by atoms with Gasteiger partial charge < -0.3 is 19.5 Å². The van der Waals surface area contributed by atoms with Crippen LogP contribution >= 0.6 is 0 Å². The summed E-state index contributed by atoms with van der Waals surface area (Å²) in [6.07, 6.45) is 3.56. The first-order chi connectivity index (χ1) is 8.86. The fourth-order valence-electron chi connectivity index (χ4n) is 2.70. The average molecular weight is 249 g/mol. The third kappa shape index (κ3) is 2.31. The molecule has 2 aliphatic rings. The van der Waals surface area contributed by atoms with Crippen molar-refractivity contribution in [2.24, 2.45) is 0 Å². The Bertz CT molecular complexity index is 427. The summed E-state index contributed by atoms with van der Waals surface area (Å²) < 4.78 is 16.1. The Morgan fingerprint density at radius 2 is 2.06 bits per heavy atom.